The Hall–Kier alpha value is -2.10. The number of pyridine rings is 1. The van der Waals surface area contributed by atoms with Gasteiger partial charge in [0.25, 0.3) is 0 Å². The number of aromatic nitrogens is 1. The number of methoxy groups -OCH3 is 1. The van der Waals surface area contributed by atoms with Crippen molar-refractivity contribution in [2.24, 2.45) is 0 Å². The molecule has 0 fully saturated rings. The average Bonchev–Trinajstić information content (AvgIpc) is 2.28. The summed E-state index contributed by atoms with van der Waals surface area (Å²) in [7, 11) is 1.33. The topological polar surface area (TPSA) is 65.2 Å². The molecule has 4 nitrogen and oxygen atoms in total. The quantitative estimate of drug-likeness (QED) is 0.563. The lowest BCUT2D eigenvalue weighted by molar-refractivity contribution is 0.0594. The molecule has 0 radical (unpaired) electrons. The Kier molecular flexibility index (Phi) is 2.25. The van der Waals surface area contributed by atoms with E-state index < -0.39 is 5.97 Å². The molecular formula is C11H10N2O2. The van der Waals surface area contributed by atoms with E-state index in [-0.39, 0.29) is 5.69 Å². The molecule has 4 heteroatoms. The summed E-state index contributed by atoms with van der Waals surface area (Å²) in [5.41, 5.74) is 6.70. The SMILES string of the molecule is COC(=O)c1cc2cccc(N)c2cn1. The first-order chi connectivity index (χ1) is 7.22. The van der Waals surface area contributed by atoms with Crippen LogP contribution in [0.3, 0.4) is 0 Å². The van der Waals surface area contributed by atoms with Gasteiger partial charge in [0, 0.05) is 17.3 Å². The van der Waals surface area contributed by atoms with Crippen molar-refractivity contribution in [1.82, 2.24) is 4.98 Å². The second-order valence-electron chi connectivity index (χ2n) is 3.13. The molecule has 0 amide bonds. The fourth-order valence-corrected chi connectivity index (χ4v) is 1.41. The van der Waals surface area contributed by atoms with Crippen LogP contribution in [0, 0.1) is 0 Å². The summed E-state index contributed by atoms with van der Waals surface area (Å²) in [6.07, 6.45) is 1.58. The van der Waals surface area contributed by atoms with Crippen LogP contribution in [0.2, 0.25) is 0 Å². The van der Waals surface area contributed by atoms with Crippen LogP contribution < -0.4 is 5.73 Å². The molecule has 15 heavy (non-hydrogen) atoms. The van der Waals surface area contributed by atoms with Gasteiger partial charge >= 0.3 is 5.97 Å². The van der Waals surface area contributed by atoms with Crippen LogP contribution in [0.5, 0.6) is 0 Å². The summed E-state index contributed by atoms with van der Waals surface area (Å²) >= 11 is 0. The van der Waals surface area contributed by atoms with E-state index in [2.05, 4.69) is 9.72 Å². The standard InChI is InChI=1S/C11H10N2O2/c1-15-11(14)10-5-7-3-2-4-9(12)8(7)6-13-10/h2-6H,12H2,1H3. The van der Waals surface area contributed by atoms with E-state index in [1.165, 1.54) is 7.11 Å². The molecule has 0 bridgehead atoms. The van der Waals surface area contributed by atoms with E-state index in [0.29, 0.717) is 5.69 Å². The summed E-state index contributed by atoms with van der Waals surface area (Å²) in [6, 6.07) is 7.16. The smallest absolute Gasteiger partial charge is 0.356 e. The predicted octanol–water partition coefficient (Wildman–Crippen LogP) is 1.60. The summed E-state index contributed by atoms with van der Waals surface area (Å²) in [4.78, 5) is 15.2. The van der Waals surface area contributed by atoms with Crippen molar-refractivity contribution < 1.29 is 9.53 Å². The van der Waals surface area contributed by atoms with E-state index in [1.807, 2.05) is 12.1 Å². The van der Waals surface area contributed by atoms with E-state index in [9.17, 15) is 4.79 Å². The first kappa shape index (κ1) is 9.45. The number of nitrogens with two attached hydrogens (primary N) is 1. The highest BCUT2D eigenvalue weighted by atomic mass is 16.5. The summed E-state index contributed by atoms with van der Waals surface area (Å²) in [5, 5.41) is 1.72. The van der Waals surface area contributed by atoms with E-state index in [0.717, 1.165) is 10.8 Å². The molecule has 0 aliphatic heterocycles. The lowest BCUT2D eigenvalue weighted by Crippen LogP contribution is -2.03. The number of ether oxygens (including phenoxy) is 1. The zero-order valence-corrected chi connectivity index (χ0v) is 8.23. The van der Waals surface area contributed by atoms with Gasteiger partial charge in [-0.15, -0.1) is 0 Å². The molecule has 2 rings (SSSR count). The Morgan fingerprint density at radius 3 is 3.00 bits per heavy atom. The van der Waals surface area contributed by atoms with Gasteiger partial charge in [0.05, 0.1) is 7.11 Å². The lowest BCUT2D eigenvalue weighted by atomic mass is 10.1. The molecule has 1 aromatic carbocycles. The van der Waals surface area contributed by atoms with Crippen molar-refractivity contribution in [3.8, 4) is 0 Å². The van der Waals surface area contributed by atoms with Crippen LogP contribution in [-0.2, 0) is 4.74 Å². The number of rotatable bonds is 1. The van der Waals surface area contributed by atoms with Gasteiger partial charge < -0.3 is 10.5 Å². The molecule has 1 heterocycles. The average molecular weight is 202 g/mol. The molecule has 0 atom stereocenters. The Morgan fingerprint density at radius 2 is 2.27 bits per heavy atom. The number of fused-ring (bicyclic) bond motifs is 1. The van der Waals surface area contributed by atoms with E-state index in [4.69, 9.17) is 5.73 Å². The molecule has 0 unspecified atom stereocenters. The lowest BCUT2D eigenvalue weighted by Gasteiger charge is -2.03. The van der Waals surface area contributed by atoms with Gasteiger partial charge in [0.2, 0.25) is 0 Å². The number of hydrogen-bond donors (Lipinski definition) is 1. The number of benzene rings is 1. The van der Waals surface area contributed by atoms with Crippen molar-refractivity contribution in [1.29, 1.82) is 0 Å². The van der Waals surface area contributed by atoms with Gasteiger partial charge in [-0.2, -0.15) is 0 Å². The minimum Gasteiger partial charge on any atom is -0.464 e. The largest absolute Gasteiger partial charge is 0.464 e. The van der Waals surface area contributed by atoms with Crippen LogP contribution >= 0.6 is 0 Å². The number of hydrogen-bond acceptors (Lipinski definition) is 4. The molecule has 2 N–H and O–H groups in total. The van der Waals surface area contributed by atoms with Crippen molar-refractivity contribution in [2.45, 2.75) is 0 Å². The van der Waals surface area contributed by atoms with Crippen LogP contribution in [0.15, 0.2) is 30.5 Å². The third-order valence-electron chi connectivity index (χ3n) is 2.19. The van der Waals surface area contributed by atoms with Gasteiger partial charge in [-0.05, 0) is 17.5 Å². The molecule has 0 aliphatic carbocycles. The molecule has 76 valence electrons. The number of anilines is 1. The van der Waals surface area contributed by atoms with Gasteiger partial charge in [-0.3, -0.25) is 0 Å². The molecule has 0 spiro atoms. The highest BCUT2D eigenvalue weighted by Gasteiger charge is 2.08. The number of carbonyl (C=O) groups excluding carboxylic acids is 1. The van der Waals surface area contributed by atoms with Crippen LogP contribution in [0.25, 0.3) is 10.8 Å². The predicted molar refractivity (Wildman–Crippen MR) is 57.5 cm³/mol. The number of carbonyl (C=O) groups is 1. The Labute approximate surface area is 86.7 Å². The highest BCUT2D eigenvalue weighted by molar-refractivity contribution is 5.97. The monoisotopic (exact) mass is 202 g/mol. The second-order valence-corrected chi connectivity index (χ2v) is 3.13. The maximum Gasteiger partial charge on any atom is 0.356 e. The Morgan fingerprint density at radius 1 is 1.47 bits per heavy atom. The maximum absolute atomic E-state index is 11.2. The molecule has 0 saturated carbocycles. The Balaban J connectivity index is 2.62. The highest BCUT2D eigenvalue weighted by Crippen LogP contribution is 2.20. The molecular weight excluding hydrogens is 192 g/mol. The maximum atomic E-state index is 11.2. The van der Waals surface area contributed by atoms with Crippen LogP contribution in [0.1, 0.15) is 10.5 Å². The zero-order chi connectivity index (χ0) is 10.8. The summed E-state index contributed by atoms with van der Waals surface area (Å²) in [5.74, 6) is -0.445. The fourth-order valence-electron chi connectivity index (χ4n) is 1.41. The van der Waals surface area contributed by atoms with Crippen molar-refractivity contribution in [2.75, 3.05) is 12.8 Å². The minimum atomic E-state index is -0.445. The van der Waals surface area contributed by atoms with Gasteiger partial charge in [0.15, 0.2) is 0 Å². The molecule has 1 aromatic heterocycles. The molecule has 0 saturated heterocycles. The van der Waals surface area contributed by atoms with Crippen LogP contribution in [-0.4, -0.2) is 18.1 Å². The molecule has 2 aromatic rings. The first-order valence-electron chi connectivity index (χ1n) is 4.45. The molecule has 0 aliphatic rings. The second kappa shape index (κ2) is 3.57. The first-order valence-corrected chi connectivity index (χ1v) is 4.45. The van der Waals surface area contributed by atoms with E-state index >= 15 is 0 Å². The van der Waals surface area contributed by atoms with Gasteiger partial charge in [0.1, 0.15) is 5.69 Å². The minimum absolute atomic E-state index is 0.288. The normalized spacial score (nSPS) is 10.2. The van der Waals surface area contributed by atoms with Gasteiger partial charge in [-0.1, -0.05) is 12.1 Å². The number of nitrogen functional groups attached to an aromatic ring is 1. The van der Waals surface area contributed by atoms with Crippen molar-refractivity contribution >= 4 is 22.4 Å². The number of nitrogens with zero attached hydrogens (tertiary/aromatic N) is 1. The number of esters is 1. The fraction of sp³-hybridized carbons (Fsp3) is 0.0909. The van der Waals surface area contributed by atoms with Crippen molar-refractivity contribution in [3.63, 3.8) is 0 Å². The third kappa shape index (κ3) is 1.61. The Bertz CT molecular complexity index is 523. The zero-order valence-electron chi connectivity index (χ0n) is 8.23. The van der Waals surface area contributed by atoms with Gasteiger partial charge in [-0.25, -0.2) is 9.78 Å². The summed E-state index contributed by atoms with van der Waals surface area (Å²) in [6.45, 7) is 0. The third-order valence-corrected chi connectivity index (χ3v) is 2.19. The van der Waals surface area contributed by atoms with E-state index in [1.54, 1.807) is 18.3 Å². The van der Waals surface area contributed by atoms with Crippen LogP contribution in [0.4, 0.5) is 5.69 Å². The summed E-state index contributed by atoms with van der Waals surface area (Å²) < 4.78 is 4.58. The van der Waals surface area contributed by atoms with Crippen molar-refractivity contribution in [3.05, 3.63) is 36.2 Å².